The first kappa shape index (κ1) is 16.5. The molecule has 0 aliphatic rings. The third-order valence-corrected chi connectivity index (χ3v) is 4.86. The quantitative estimate of drug-likeness (QED) is 0.809. The minimum absolute atomic E-state index is 0.0583. The van der Waals surface area contributed by atoms with Gasteiger partial charge >= 0.3 is 0 Å². The summed E-state index contributed by atoms with van der Waals surface area (Å²) < 4.78 is 26.9. The lowest BCUT2D eigenvalue weighted by Gasteiger charge is -2.19. The molecule has 0 amide bonds. The van der Waals surface area contributed by atoms with Gasteiger partial charge in [-0.15, -0.1) is 0 Å². The van der Waals surface area contributed by atoms with Gasteiger partial charge in [-0.2, -0.15) is 0 Å². The highest BCUT2D eigenvalue weighted by atomic mass is 35.5. The van der Waals surface area contributed by atoms with Crippen LogP contribution in [0.15, 0.2) is 17.0 Å². The Morgan fingerprint density at radius 2 is 1.95 bits per heavy atom. The molecule has 1 rings (SSSR count). The Hall–Kier alpha value is -0.530. The lowest BCUT2D eigenvalue weighted by molar-refractivity contribution is 0.370. The number of nitrogens with one attached hydrogen (secondary N) is 1. The van der Waals surface area contributed by atoms with Crippen LogP contribution in [-0.4, -0.2) is 40.0 Å². The molecule has 1 unspecified atom stereocenters. The fourth-order valence-corrected chi connectivity index (χ4v) is 3.67. The van der Waals surface area contributed by atoms with Crippen LogP contribution in [0, 0.1) is 0 Å². The van der Waals surface area contributed by atoms with E-state index in [1.54, 1.807) is 6.92 Å². The summed E-state index contributed by atoms with van der Waals surface area (Å²) in [4.78, 5) is 1.81. The second-order valence-corrected chi connectivity index (χ2v) is 7.03. The fraction of sp³-hybridized carbons (Fsp3) is 0.455. The summed E-state index contributed by atoms with van der Waals surface area (Å²) in [5.41, 5.74) is 5.69. The van der Waals surface area contributed by atoms with Gasteiger partial charge in [0.15, 0.2) is 0 Å². The van der Waals surface area contributed by atoms with Crippen LogP contribution in [0.1, 0.15) is 6.92 Å². The van der Waals surface area contributed by atoms with Gasteiger partial charge in [0.25, 0.3) is 0 Å². The van der Waals surface area contributed by atoms with E-state index in [2.05, 4.69) is 4.72 Å². The average Bonchev–Trinajstić information content (AvgIpc) is 2.23. The van der Waals surface area contributed by atoms with E-state index in [0.29, 0.717) is 6.54 Å². The number of sulfonamides is 1. The van der Waals surface area contributed by atoms with Crippen LogP contribution >= 0.6 is 23.2 Å². The molecular formula is C11H17Cl2N3O2S. The van der Waals surface area contributed by atoms with E-state index in [1.807, 2.05) is 19.0 Å². The predicted molar refractivity (Wildman–Crippen MR) is 79.2 cm³/mol. The van der Waals surface area contributed by atoms with E-state index >= 15 is 0 Å². The van der Waals surface area contributed by atoms with Crippen molar-refractivity contribution in [1.82, 2.24) is 9.62 Å². The number of nitrogens with two attached hydrogens (primary N) is 1. The van der Waals surface area contributed by atoms with E-state index in [9.17, 15) is 8.42 Å². The maximum absolute atomic E-state index is 12.2. The van der Waals surface area contributed by atoms with Crippen molar-refractivity contribution in [3.8, 4) is 0 Å². The molecule has 0 saturated heterocycles. The summed E-state index contributed by atoms with van der Waals surface area (Å²) in [6.07, 6.45) is 0. The Labute approximate surface area is 123 Å². The van der Waals surface area contributed by atoms with Crippen molar-refractivity contribution in [3.63, 3.8) is 0 Å². The number of rotatable bonds is 5. The molecule has 0 spiro atoms. The van der Waals surface area contributed by atoms with Crippen LogP contribution in [0.25, 0.3) is 0 Å². The number of likely N-dealkylation sites (N-methyl/N-ethyl adjacent to an activating group) is 1. The van der Waals surface area contributed by atoms with Crippen molar-refractivity contribution in [1.29, 1.82) is 0 Å². The number of anilines is 1. The lowest BCUT2D eigenvalue weighted by atomic mass is 10.3. The SMILES string of the molecule is CC(CN(C)C)NS(=O)(=O)c1ccc(Cl)c(N)c1Cl. The Morgan fingerprint density at radius 3 is 2.47 bits per heavy atom. The van der Waals surface area contributed by atoms with Crippen LogP contribution < -0.4 is 10.5 Å². The third-order valence-electron chi connectivity index (χ3n) is 2.38. The minimum Gasteiger partial charge on any atom is -0.396 e. The van der Waals surface area contributed by atoms with E-state index in [4.69, 9.17) is 28.9 Å². The average molecular weight is 326 g/mol. The van der Waals surface area contributed by atoms with Gasteiger partial charge in [-0.05, 0) is 33.2 Å². The van der Waals surface area contributed by atoms with Crippen molar-refractivity contribution in [2.45, 2.75) is 17.9 Å². The van der Waals surface area contributed by atoms with Crippen molar-refractivity contribution in [2.24, 2.45) is 0 Å². The molecule has 0 aromatic heterocycles. The number of nitrogen functional groups attached to an aromatic ring is 1. The highest BCUT2D eigenvalue weighted by molar-refractivity contribution is 7.89. The van der Waals surface area contributed by atoms with Gasteiger partial charge in [0.05, 0.1) is 15.7 Å². The Morgan fingerprint density at radius 1 is 1.37 bits per heavy atom. The van der Waals surface area contributed by atoms with Gasteiger partial charge in [0, 0.05) is 12.6 Å². The number of benzene rings is 1. The van der Waals surface area contributed by atoms with Gasteiger partial charge in [-0.25, -0.2) is 13.1 Å². The molecule has 1 atom stereocenters. The predicted octanol–water partition coefficient (Wildman–Crippen LogP) is 1.80. The molecule has 0 bridgehead atoms. The largest absolute Gasteiger partial charge is 0.396 e. The van der Waals surface area contributed by atoms with E-state index in [0.717, 1.165) is 0 Å². The van der Waals surface area contributed by atoms with Crippen LogP contribution in [-0.2, 0) is 10.0 Å². The molecular weight excluding hydrogens is 309 g/mol. The van der Waals surface area contributed by atoms with Gasteiger partial charge < -0.3 is 10.6 Å². The number of hydrogen-bond donors (Lipinski definition) is 2. The molecule has 0 aliphatic heterocycles. The van der Waals surface area contributed by atoms with E-state index in [-0.39, 0.29) is 26.7 Å². The zero-order valence-electron chi connectivity index (χ0n) is 10.9. The second-order valence-electron chi connectivity index (χ2n) is 4.56. The number of hydrogen-bond acceptors (Lipinski definition) is 4. The first-order valence-corrected chi connectivity index (χ1v) is 7.79. The monoisotopic (exact) mass is 325 g/mol. The Kier molecular flexibility index (Phi) is 5.46. The number of nitrogens with zero attached hydrogens (tertiary/aromatic N) is 1. The third kappa shape index (κ3) is 4.22. The molecule has 1 aromatic rings. The van der Waals surface area contributed by atoms with Crippen molar-refractivity contribution in [3.05, 3.63) is 22.2 Å². The van der Waals surface area contributed by atoms with Crippen molar-refractivity contribution in [2.75, 3.05) is 26.4 Å². The first-order chi connectivity index (χ1) is 8.65. The van der Waals surface area contributed by atoms with Crippen molar-refractivity contribution >= 4 is 38.9 Å². The Balaban J connectivity index is 3.05. The van der Waals surface area contributed by atoms with E-state index < -0.39 is 10.0 Å². The van der Waals surface area contributed by atoms with Gasteiger partial charge in [-0.1, -0.05) is 23.2 Å². The standard InChI is InChI=1S/C11H17Cl2N3O2S/c1-7(6-16(2)3)15-19(17,18)9-5-4-8(12)11(14)10(9)13/h4-5,7,15H,6,14H2,1-3H3. The van der Waals surface area contributed by atoms with E-state index in [1.165, 1.54) is 12.1 Å². The molecule has 0 fully saturated rings. The van der Waals surface area contributed by atoms with Crippen LogP contribution in [0.2, 0.25) is 10.0 Å². The van der Waals surface area contributed by atoms with Crippen LogP contribution in [0.5, 0.6) is 0 Å². The summed E-state index contributed by atoms with van der Waals surface area (Å²) >= 11 is 11.7. The molecule has 108 valence electrons. The van der Waals surface area contributed by atoms with Gasteiger partial charge in [-0.3, -0.25) is 0 Å². The van der Waals surface area contributed by atoms with Crippen molar-refractivity contribution < 1.29 is 8.42 Å². The van der Waals surface area contributed by atoms with Crippen LogP contribution in [0.4, 0.5) is 5.69 Å². The normalized spacial score (nSPS) is 13.8. The molecule has 0 aliphatic carbocycles. The smallest absolute Gasteiger partial charge is 0.242 e. The molecule has 5 nitrogen and oxygen atoms in total. The Bertz CT molecular complexity index is 561. The maximum atomic E-state index is 12.2. The van der Waals surface area contributed by atoms with Gasteiger partial charge in [0.1, 0.15) is 4.90 Å². The molecule has 1 aromatic carbocycles. The lowest BCUT2D eigenvalue weighted by Crippen LogP contribution is -2.39. The summed E-state index contributed by atoms with van der Waals surface area (Å²) in [5.74, 6) is 0. The maximum Gasteiger partial charge on any atom is 0.242 e. The summed E-state index contributed by atoms with van der Waals surface area (Å²) in [5, 5.41) is 0.169. The molecule has 0 saturated carbocycles. The summed E-state index contributed by atoms with van der Waals surface area (Å²) in [6, 6.07) is 2.49. The topological polar surface area (TPSA) is 75.4 Å². The highest BCUT2D eigenvalue weighted by Gasteiger charge is 2.22. The molecule has 3 N–H and O–H groups in total. The fourth-order valence-electron chi connectivity index (χ4n) is 1.67. The minimum atomic E-state index is -3.72. The summed E-state index contributed by atoms with van der Waals surface area (Å²) in [6.45, 7) is 2.34. The zero-order valence-corrected chi connectivity index (χ0v) is 13.3. The van der Waals surface area contributed by atoms with Gasteiger partial charge in [0.2, 0.25) is 10.0 Å². The molecule has 0 radical (unpaired) electrons. The highest BCUT2D eigenvalue weighted by Crippen LogP contribution is 2.32. The summed E-state index contributed by atoms with van der Waals surface area (Å²) in [7, 11) is -0.00396. The molecule has 19 heavy (non-hydrogen) atoms. The first-order valence-electron chi connectivity index (χ1n) is 5.55. The number of halogens is 2. The van der Waals surface area contributed by atoms with Crippen LogP contribution in [0.3, 0.4) is 0 Å². The molecule has 0 heterocycles. The zero-order chi connectivity index (χ0) is 14.8. The second kappa shape index (κ2) is 6.28. The molecule has 8 heteroatoms.